The van der Waals surface area contributed by atoms with Crippen LogP contribution in [0.1, 0.15) is 30.6 Å². The third kappa shape index (κ3) is 4.83. The van der Waals surface area contributed by atoms with Crippen LogP contribution in [0.15, 0.2) is 36.4 Å². The fourth-order valence-electron chi connectivity index (χ4n) is 3.04. The highest BCUT2D eigenvalue weighted by Gasteiger charge is 2.26. The molecule has 6 heteroatoms. The van der Waals surface area contributed by atoms with Crippen LogP contribution in [-0.4, -0.2) is 25.4 Å². The summed E-state index contributed by atoms with van der Waals surface area (Å²) < 4.78 is 10.6. The number of hydrogen-bond donors (Lipinski definition) is 2. The van der Waals surface area contributed by atoms with Gasteiger partial charge >= 0.3 is 0 Å². The molecule has 0 fully saturated rings. The highest BCUT2D eigenvalue weighted by molar-refractivity contribution is 6.42. The van der Waals surface area contributed by atoms with Gasteiger partial charge in [-0.05, 0) is 47.7 Å². The first kappa shape index (κ1) is 20.8. The number of benzene rings is 2. The van der Waals surface area contributed by atoms with E-state index < -0.39 is 12.1 Å². The van der Waals surface area contributed by atoms with Crippen molar-refractivity contribution in [1.29, 1.82) is 0 Å². The summed E-state index contributed by atoms with van der Waals surface area (Å²) >= 11 is 12.0. The second-order valence-corrected chi connectivity index (χ2v) is 7.07. The molecule has 2 rings (SSSR count). The van der Waals surface area contributed by atoms with Crippen molar-refractivity contribution >= 4 is 23.2 Å². The number of halogens is 2. The zero-order chi connectivity index (χ0) is 19.3. The Morgan fingerprint density at radius 3 is 2.27 bits per heavy atom. The number of hydrogen-bond acceptors (Lipinski definition) is 4. The lowest BCUT2D eigenvalue weighted by Crippen LogP contribution is -2.37. The molecule has 3 N–H and O–H groups in total. The molecule has 0 spiro atoms. The molecule has 0 bridgehead atoms. The summed E-state index contributed by atoms with van der Waals surface area (Å²) in [5.41, 5.74) is 8.12. The average molecular weight is 398 g/mol. The maximum atomic E-state index is 10.7. The summed E-state index contributed by atoms with van der Waals surface area (Å²) in [6, 6.07) is 10.5. The van der Waals surface area contributed by atoms with Gasteiger partial charge in [0, 0.05) is 6.04 Å². The molecule has 0 heterocycles. The molecule has 0 aromatic heterocycles. The third-order valence-electron chi connectivity index (χ3n) is 4.66. The van der Waals surface area contributed by atoms with Crippen molar-refractivity contribution in [2.75, 3.05) is 14.2 Å². The standard InChI is InChI=1S/C20H25Cl2NO3/c1-4-13(9-12-5-8-17(25-2)18(10-12)26-3)19(23)20(24)14-6-7-15(21)16(22)11-14/h5-8,10-11,13,19-20,24H,4,9,23H2,1-3H3. The molecule has 0 aliphatic rings. The summed E-state index contributed by atoms with van der Waals surface area (Å²) in [5, 5.41) is 11.6. The largest absolute Gasteiger partial charge is 0.493 e. The van der Waals surface area contributed by atoms with Crippen molar-refractivity contribution in [1.82, 2.24) is 0 Å². The molecule has 0 saturated carbocycles. The van der Waals surface area contributed by atoms with Gasteiger partial charge < -0.3 is 20.3 Å². The second-order valence-electron chi connectivity index (χ2n) is 6.26. The van der Waals surface area contributed by atoms with Gasteiger partial charge in [0.05, 0.1) is 30.4 Å². The first-order valence-electron chi connectivity index (χ1n) is 8.50. The Morgan fingerprint density at radius 1 is 1.00 bits per heavy atom. The summed E-state index contributed by atoms with van der Waals surface area (Å²) in [5.74, 6) is 1.44. The molecule has 0 radical (unpaired) electrons. The van der Waals surface area contributed by atoms with E-state index in [1.165, 1.54) is 0 Å². The first-order valence-corrected chi connectivity index (χ1v) is 9.26. The molecular weight excluding hydrogens is 373 g/mol. The topological polar surface area (TPSA) is 64.7 Å². The molecule has 3 unspecified atom stereocenters. The molecule has 142 valence electrons. The van der Waals surface area contributed by atoms with Gasteiger partial charge in [-0.25, -0.2) is 0 Å². The average Bonchev–Trinajstić information content (AvgIpc) is 2.66. The molecule has 4 nitrogen and oxygen atoms in total. The lowest BCUT2D eigenvalue weighted by Gasteiger charge is -2.28. The number of ether oxygens (including phenoxy) is 2. The fraction of sp³-hybridized carbons (Fsp3) is 0.400. The maximum absolute atomic E-state index is 10.7. The van der Waals surface area contributed by atoms with E-state index in [2.05, 4.69) is 6.92 Å². The van der Waals surface area contributed by atoms with E-state index in [-0.39, 0.29) is 5.92 Å². The Morgan fingerprint density at radius 2 is 1.69 bits per heavy atom. The van der Waals surface area contributed by atoms with Crippen LogP contribution in [0, 0.1) is 5.92 Å². The fourth-order valence-corrected chi connectivity index (χ4v) is 3.35. The SMILES string of the molecule is CCC(Cc1ccc(OC)c(OC)c1)C(N)C(O)c1ccc(Cl)c(Cl)c1. The third-order valence-corrected chi connectivity index (χ3v) is 5.40. The van der Waals surface area contributed by atoms with Crippen molar-refractivity contribution in [3.8, 4) is 11.5 Å². The predicted molar refractivity (Wildman–Crippen MR) is 106 cm³/mol. The number of aliphatic hydroxyl groups excluding tert-OH is 1. The summed E-state index contributed by atoms with van der Waals surface area (Å²) in [4.78, 5) is 0. The highest BCUT2D eigenvalue weighted by atomic mass is 35.5. The van der Waals surface area contributed by atoms with Crippen molar-refractivity contribution in [3.63, 3.8) is 0 Å². The van der Waals surface area contributed by atoms with E-state index >= 15 is 0 Å². The minimum absolute atomic E-state index is 0.0811. The molecule has 0 aliphatic carbocycles. The minimum Gasteiger partial charge on any atom is -0.493 e. The van der Waals surface area contributed by atoms with Crippen molar-refractivity contribution < 1.29 is 14.6 Å². The van der Waals surface area contributed by atoms with Crippen LogP contribution in [-0.2, 0) is 6.42 Å². The van der Waals surface area contributed by atoms with Crippen LogP contribution >= 0.6 is 23.2 Å². The minimum atomic E-state index is -0.824. The Labute approximate surface area is 164 Å². The smallest absolute Gasteiger partial charge is 0.160 e. The van der Waals surface area contributed by atoms with Crippen LogP contribution in [0.25, 0.3) is 0 Å². The molecule has 2 aromatic rings. The van der Waals surface area contributed by atoms with Gasteiger partial charge in [0.2, 0.25) is 0 Å². The monoisotopic (exact) mass is 397 g/mol. The van der Waals surface area contributed by atoms with Gasteiger partial charge in [0.15, 0.2) is 11.5 Å². The van der Waals surface area contributed by atoms with Gasteiger partial charge in [0.1, 0.15) is 0 Å². The van der Waals surface area contributed by atoms with Crippen molar-refractivity contribution in [2.24, 2.45) is 11.7 Å². The van der Waals surface area contributed by atoms with E-state index in [0.29, 0.717) is 27.1 Å². The van der Waals surface area contributed by atoms with Gasteiger partial charge in [0.25, 0.3) is 0 Å². The molecule has 26 heavy (non-hydrogen) atoms. The molecule has 0 saturated heterocycles. The van der Waals surface area contributed by atoms with Crippen LogP contribution < -0.4 is 15.2 Å². The molecule has 0 amide bonds. The normalized spacial score (nSPS) is 14.6. The molecule has 2 aromatic carbocycles. The zero-order valence-electron chi connectivity index (χ0n) is 15.2. The molecular formula is C20H25Cl2NO3. The van der Waals surface area contributed by atoms with Gasteiger partial charge in [-0.2, -0.15) is 0 Å². The second kappa shape index (κ2) is 9.47. The Balaban J connectivity index is 2.17. The van der Waals surface area contributed by atoms with Gasteiger partial charge in [-0.15, -0.1) is 0 Å². The van der Waals surface area contributed by atoms with Crippen LogP contribution in [0.3, 0.4) is 0 Å². The summed E-state index contributed by atoms with van der Waals surface area (Å²) in [7, 11) is 3.22. The van der Waals surface area contributed by atoms with Crippen LogP contribution in [0.5, 0.6) is 11.5 Å². The summed E-state index contributed by atoms with van der Waals surface area (Å²) in [6.45, 7) is 2.06. The van der Waals surface area contributed by atoms with Crippen molar-refractivity contribution in [2.45, 2.75) is 31.9 Å². The first-order chi connectivity index (χ1) is 12.4. The van der Waals surface area contributed by atoms with Gasteiger partial charge in [-0.1, -0.05) is 48.7 Å². The van der Waals surface area contributed by atoms with Crippen LogP contribution in [0.2, 0.25) is 10.0 Å². The van der Waals surface area contributed by atoms with Crippen molar-refractivity contribution in [3.05, 3.63) is 57.6 Å². The molecule has 3 atom stereocenters. The van der Waals surface area contributed by atoms with E-state index in [0.717, 1.165) is 18.4 Å². The van der Waals surface area contributed by atoms with E-state index in [1.54, 1.807) is 32.4 Å². The summed E-state index contributed by atoms with van der Waals surface area (Å²) in [6.07, 6.45) is 0.722. The highest BCUT2D eigenvalue weighted by Crippen LogP contribution is 2.32. The van der Waals surface area contributed by atoms with E-state index in [4.69, 9.17) is 38.4 Å². The number of nitrogens with two attached hydrogens (primary N) is 1. The predicted octanol–water partition coefficient (Wildman–Crippen LogP) is 4.64. The van der Waals surface area contributed by atoms with E-state index in [9.17, 15) is 5.11 Å². The van der Waals surface area contributed by atoms with Crippen LogP contribution in [0.4, 0.5) is 0 Å². The Bertz CT molecular complexity index is 739. The van der Waals surface area contributed by atoms with E-state index in [1.807, 2.05) is 18.2 Å². The molecule has 0 aliphatic heterocycles. The lowest BCUT2D eigenvalue weighted by atomic mass is 9.85. The number of methoxy groups -OCH3 is 2. The number of aliphatic hydroxyl groups is 1. The Kier molecular flexibility index (Phi) is 7.59. The Hall–Kier alpha value is -1.46. The number of rotatable bonds is 8. The maximum Gasteiger partial charge on any atom is 0.160 e. The van der Waals surface area contributed by atoms with Gasteiger partial charge in [-0.3, -0.25) is 0 Å². The lowest BCUT2D eigenvalue weighted by molar-refractivity contribution is 0.115. The zero-order valence-corrected chi connectivity index (χ0v) is 16.7. The quantitative estimate of drug-likeness (QED) is 0.680.